The summed E-state index contributed by atoms with van der Waals surface area (Å²) in [6, 6.07) is 7.44. The van der Waals surface area contributed by atoms with Crippen LogP contribution >= 0.6 is 11.6 Å². The molecule has 3 rings (SSSR count). The van der Waals surface area contributed by atoms with Gasteiger partial charge >= 0.3 is 0 Å². The van der Waals surface area contributed by atoms with Crippen LogP contribution in [0.25, 0.3) is 0 Å². The van der Waals surface area contributed by atoms with Crippen LogP contribution in [0.3, 0.4) is 0 Å². The van der Waals surface area contributed by atoms with Gasteiger partial charge in [0.05, 0.1) is 18.7 Å². The third kappa shape index (κ3) is 4.30. The van der Waals surface area contributed by atoms with Crippen LogP contribution in [0.4, 0.5) is 5.95 Å². The fourth-order valence-corrected chi connectivity index (χ4v) is 2.95. The van der Waals surface area contributed by atoms with Gasteiger partial charge in [0.25, 0.3) is 0 Å². The molecule has 1 saturated heterocycles. The number of piperazine rings is 1. The van der Waals surface area contributed by atoms with E-state index in [9.17, 15) is 0 Å². The molecule has 0 aliphatic carbocycles. The Balaban J connectivity index is 1.56. The number of guanidine groups is 1. The topological polar surface area (TPSA) is 79.9 Å². The molecule has 0 amide bonds. The van der Waals surface area contributed by atoms with Crippen LogP contribution in [-0.4, -0.2) is 54.1 Å². The number of benzene rings is 1. The quantitative estimate of drug-likeness (QED) is 0.661. The molecule has 7 nitrogen and oxygen atoms in total. The van der Waals surface area contributed by atoms with Gasteiger partial charge in [0.15, 0.2) is 5.96 Å². The Kier molecular flexibility index (Phi) is 5.55. The van der Waals surface area contributed by atoms with Crippen molar-refractivity contribution in [1.29, 1.82) is 0 Å². The molecule has 2 aromatic rings. The van der Waals surface area contributed by atoms with Crippen molar-refractivity contribution in [3.8, 4) is 5.75 Å². The van der Waals surface area contributed by atoms with Crippen molar-refractivity contribution < 1.29 is 4.74 Å². The molecule has 132 valence electrons. The van der Waals surface area contributed by atoms with Gasteiger partial charge in [0.2, 0.25) is 5.95 Å². The van der Waals surface area contributed by atoms with Crippen LogP contribution in [0.15, 0.2) is 41.7 Å². The van der Waals surface area contributed by atoms with Crippen LogP contribution in [0.5, 0.6) is 5.75 Å². The van der Waals surface area contributed by atoms with Crippen molar-refractivity contribution in [2.75, 3.05) is 38.2 Å². The second kappa shape index (κ2) is 8.02. The highest BCUT2D eigenvalue weighted by Gasteiger charge is 2.19. The minimum Gasteiger partial charge on any atom is -0.495 e. The summed E-state index contributed by atoms with van der Waals surface area (Å²) in [4.78, 5) is 17.3. The maximum atomic E-state index is 6.14. The van der Waals surface area contributed by atoms with Crippen LogP contribution in [0, 0.1) is 0 Å². The SMILES string of the molecule is COc1ccc(CN=C(N)N2CCN(c3ncccn3)CC2)cc1Cl. The number of methoxy groups -OCH3 is 1. The summed E-state index contributed by atoms with van der Waals surface area (Å²) < 4.78 is 5.15. The van der Waals surface area contributed by atoms with E-state index >= 15 is 0 Å². The van der Waals surface area contributed by atoms with Gasteiger partial charge < -0.3 is 20.3 Å². The number of nitrogens with zero attached hydrogens (tertiary/aromatic N) is 5. The molecule has 8 heteroatoms. The lowest BCUT2D eigenvalue weighted by Gasteiger charge is -2.35. The Labute approximate surface area is 152 Å². The van der Waals surface area contributed by atoms with Gasteiger partial charge in [-0.15, -0.1) is 0 Å². The van der Waals surface area contributed by atoms with E-state index in [-0.39, 0.29) is 0 Å². The van der Waals surface area contributed by atoms with Gasteiger partial charge in [-0.1, -0.05) is 17.7 Å². The van der Waals surface area contributed by atoms with E-state index in [2.05, 4.69) is 24.8 Å². The molecule has 0 saturated carbocycles. The molecule has 0 atom stereocenters. The average molecular weight is 361 g/mol. The van der Waals surface area contributed by atoms with E-state index in [4.69, 9.17) is 22.1 Å². The zero-order chi connectivity index (χ0) is 17.6. The van der Waals surface area contributed by atoms with Gasteiger partial charge in [-0.05, 0) is 23.8 Å². The summed E-state index contributed by atoms with van der Waals surface area (Å²) in [7, 11) is 1.59. The molecular weight excluding hydrogens is 340 g/mol. The molecule has 1 aromatic heterocycles. The number of rotatable bonds is 4. The number of hydrogen-bond acceptors (Lipinski definition) is 5. The van der Waals surface area contributed by atoms with Gasteiger partial charge in [-0.3, -0.25) is 0 Å². The zero-order valence-electron chi connectivity index (χ0n) is 14.1. The monoisotopic (exact) mass is 360 g/mol. The molecule has 0 unspecified atom stereocenters. The van der Waals surface area contributed by atoms with Crippen molar-refractivity contribution >= 4 is 23.5 Å². The van der Waals surface area contributed by atoms with E-state index in [1.807, 2.05) is 24.3 Å². The second-order valence-electron chi connectivity index (χ2n) is 5.67. The van der Waals surface area contributed by atoms with Crippen molar-refractivity contribution in [2.45, 2.75) is 6.54 Å². The summed E-state index contributed by atoms with van der Waals surface area (Å²) in [6.45, 7) is 3.69. The van der Waals surface area contributed by atoms with E-state index < -0.39 is 0 Å². The number of aromatic nitrogens is 2. The fourth-order valence-electron chi connectivity index (χ4n) is 2.67. The number of nitrogens with two attached hydrogens (primary N) is 1. The molecule has 2 N–H and O–H groups in total. The first kappa shape index (κ1) is 17.3. The first-order chi connectivity index (χ1) is 12.2. The van der Waals surface area contributed by atoms with Crippen molar-refractivity contribution in [3.63, 3.8) is 0 Å². The summed E-state index contributed by atoms with van der Waals surface area (Å²) in [6.07, 6.45) is 3.51. The predicted octanol–water partition coefficient (Wildman–Crippen LogP) is 1.78. The first-order valence-electron chi connectivity index (χ1n) is 8.06. The molecule has 1 fully saturated rings. The predicted molar refractivity (Wildman–Crippen MR) is 99.1 cm³/mol. The molecule has 25 heavy (non-hydrogen) atoms. The lowest BCUT2D eigenvalue weighted by atomic mass is 10.2. The van der Waals surface area contributed by atoms with E-state index in [0.29, 0.717) is 23.3 Å². The van der Waals surface area contributed by atoms with E-state index in [1.165, 1.54) is 0 Å². The van der Waals surface area contributed by atoms with Gasteiger partial charge in [0, 0.05) is 38.6 Å². The highest BCUT2D eigenvalue weighted by molar-refractivity contribution is 6.32. The number of ether oxygens (including phenoxy) is 1. The zero-order valence-corrected chi connectivity index (χ0v) is 14.9. The summed E-state index contributed by atoms with van der Waals surface area (Å²) in [5, 5.41) is 0.574. The number of hydrogen-bond donors (Lipinski definition) is 1. The molecule has 1 aliphatic heterocycles. The van der Waals surface area contributed by atoms with E-state index in [0.717, 1.165) is 37.7 Å². The van der Waals surface area contributed by atoms with Crippen LogP contribution in [0.2, 0.25) is 5.02 Å². The largest absolute Gasteiger partial charge is 0.495 e. The van der Waals surface area contributed by atoms with E-state index in [1.54, 1.807) is 19.5 Å². The van der Waals surface area contributed by atoms with Crippen LogP contribution < -0.4 is 15.4 Å². The number of anilines is 1. The Bertz CT molecular complexity index is 731. The maximum absolute atomic E-state index is 6.14. The maximum Gasteiger partial charge on any atom is 0.225 e. The fraction of sp³-hybridized carbons (Fsp3) is 0.353. The van der Waals surface area contributed by atoms with Crippen molar-refractivity contribution in [2.24, 2.45) is 10.7 Å². The van der Waals surface area contributed by atoms with Crippen molar-refractivity contribution in [1.82, 2.24) is 14.9 Å². The molecule has 0 spiro atoms. The molecule has 1 aromatic carbocycles. The number of aliphatic imine (C=N–C) groups is 1. The third-order valence-corrected chi connectivity index (χ3v) is 4.37. The van der Waals surface area contributed by atoms with Crippen LogP contribution in [-0.2, 0) is 6.54 Å². The Morgan fingerprint density at radius 1 is 1.24 bits per heavy atom. The smallest absolute Gasteiger partial charge is 0.225 e. The Morgan fingerprint density at radius 2 is 1.96 bits per heavy atom. The third-order valence-electron chi connectivity index (χ3n) is 4.08. The number of halogens is 1. The Hall–Kier alpha value is -2.54. The molecule has 2 heterocycles. The lowest BCUT2D eigenvalue weighted by Crippen LogP contribution is -2.51. The average Bonchev–Trinajstić information content (AvgIpc) is 2.67. The van der Waals surface area contributed by atoms with Gasteiger partial charge in [-0.25, -0.2) is 15.0 Å². The standard InChI is InChI=1S/C17H21ClN6O/c1-25-15-4-3-13(11-14(15)18)12-22-16(19)23-7-9-24(10-8-23)17-20-5-2-6-21-17/h2-6,11H,7-10,12H2,1H3,(H2,19,22). The molecular formula is C17H21ClN6O. The highest BCUT2D eigenvalue weighted by Crippen LogP contribution is 2.25. The Morgan fingerprint density at radius 3 is 2.60 bits per heavy atom. The second-order valence-corrected chi connectivity index (χ2v) is 6.07. The summed E-state index contributed by atoms with van der Waals surface area (Å²) in [5.74, 6) is 1.95. The summed E-state index contributed by atoms with van der Waals surface area (Å²) >= 11 is 6.14. The van der Waals surface area contributed by atoms with Gasteiger partial charge in [0.1, 0.15) is 5.75 Å². The minimum atomic E-state index is 0.484. The molecule has 0 radical (unpaired) electrons. The van der Waals surface area contributed by atoms with Gasteiger partial charge in [-0.2, -0.15) is 0 Å². The lowest BCUT2D eigenvalue weighted by molar-refractivity contribution is 0.378. The normalized spacial score (nSPS) is 15.4. The molecule has 0 bridgehead atoms. The van der Waals surface area contributed by atoms with Crippen molar-refractivity contribution in [3.05, 3.63) is 47.2 Å². The molecule has 1 aliphatic rings. The minimum absolute atomic E-state index is 0.484. The summed E-state index contributed by atoms with van der Waals surface area (Å²) in [5.41, 5.74) is 7.13. The van der Waals surface area contributed by atoms with Crippen LogP contribution in [0.1, 0.15) is 5.56 Å². The highest BCUT2D eigenvalue weighted by atomic mass is 35.5. The first-order valence-corrected chi connectivity index (χ1v) is 8.44.